The molecule has 0 unspecified atom stereocenters. The first kappa shape index (κ1) is 32.6. The molecule has 216 valence electrons. The number of carbonyl (C=O) groups is 6. The van der Waals surface area contributed by atoms with Crippen LogP contribution in [-0.4, -0.2) is 73.7 Å². The first-order chi connectivity index (χ1) is 17.7. The maximum absolute atomic E-state index is 12.4. The molecule has 0 spiro atoms. The van der Waals surface area contributed by atoms with Crippen LogP contribution in [0.4, 0.5) is 39.5 Å². The molecule has 0 aromatic heterocycles. The Morgan fingerprint density at radius 2 is 0.846 bits per heavy atom. The third kappa shape index (κ3) is 10.9. The van der Waals surface area contributed by atoms with Crippen molar-refractivity contribution in [2.45, 2.75) is 24.9 Å². The van der Waals surface area contributed by atoms with Crippen LogP contribution in [0.25, 0.3) is 0 Å². The van der Waals surface area contributed by atoms with Crippen LogP contribution in [0.1, 0.15) is 37.5 Å². The number of benzene rings is 1. The average Bonchev–Trinajstić information content (AvgIpc) is 2.81. The molecule has 0 bridgehead atoms. The van der Waals surface area contributed by atoms with E-state index in [9.17, 15) is 68.3 Å². The number of rotatable bonds is 10. The topological polar surface area (TPSA) is 163 Å². The fraction of sp³-hybridized carbons (Fsp3) is 0.368. The molecule has 0 fully saturated rings. The van der Waals surface area contributed by atoms with Gasteiger partial charge in [-0.05, 0) is 18.2 Å². The molecule has 0 radical (unpaired) electrons. The van der Waals surface area contributed by atoms with Crippen LogP contribution in [0.5, 0.6) is 0 Å². The van der Waals surface area contributed by atoms with Crippen molar-refractivity contribution >= 4 is 35.3 Å². The second kappa shape index (κ2) is 12.9. The quantitative estimate of drug-likeness (QED) is 0.155. The van der Waals surface area contributed by atoms with Crippen LogP contribution in [0.3, 0.4) is 0 Å². The van der Waals surface area contributed by atoms with E-state index in [1.807, 2.05) is 0 Å². The van der Waals surface area contributed by atoms with Gasteiger partial charge in [0.05, 0.1) is 13.3 Å². The number of Topliss-reactive ketones (excluding diaryl/α,β-unsaturated/α-hetero) is 1. The standard InChI is InChI=1S/C19H16F9N5O6/c20-17(21,22)14(37)29-2-1-11(34)8-3-9(12(35)30-6-32-15(38)18(23,24)25)5-10(4-8)13(36)31-7-33-16(39)19(26,27)28/h3-5H,1-2,6-7H2,(H,29,37)(H,30,35)(H,31,36)(H,32,38)(H,33,39). The fourth-order valence-corrected chi connectivity index (χ4v) is 2.40. The molecule has 5 N–H and O–H groups in total. The van der Waals surface area contributed by atoms with E-state index >= 15 is 0 Å². The van der Waals surface area contributed by atoms with Gasteiger partial charge < -0.3 is 26.6 Å². The molecule has 1 aromatic carbocycles. The lowest BCUT2D eigenvalue weighted by Gasteiger charge is -2.13. The summed E-state index contributed by atoms with van der Waals surface area (Å²) in [6.45, 7) is -3.00. The van der Waals surface area contributed by atoms with Gasteiger partial charge in [0.1, 0.15) is 0 Å². The Hall–Kier alpha value is -4.39. The molecular formula is C19H16F9N5O6. The van der Waals surface area contributed by atoms with Crippen molar-refractivity contribution in [2.75, 3.05) is 19.9 Å². The lowest BCUT2D eigenvalue weighted by atomic mass is 10.00. The van der Waals surface area contributed by atoms with Gasteiger partial charge in [-0.15, -0.1) is 0 Å². The molecule has 0 heterocycles. The number of nitrogens with one attached hydrogen (secondary N) is 5. The van der Waals surface area contributed by atoms with Crippen molar-refractivity contribution in [2.24, 2.45) is 0 Å². The van der Waals surface area contributed by atoms with Crippen molar-refractivity contribution in [1.82, 2.24) is 26.6 Å². The molecule has 0 saturated carbocycles. The molecule has 0 atom stereocenters. The summed E-state index contributed by atoms with van der Waals surface area (Å²) in [4.78, 5) is 69.4. The molecule has 1 aromatic rings. The lowest BCUT2D eigenvalue weighted by Crippen LogP contribution is -2.44. The molecule has 39 heavy (non-hydrogen) atoms. The maximum atomic E-state index is 12.4. The predicted molar refractivity (Wildman–Crippen MR) is 108 cm³/mol. The van der Waals surface area contributed by atoms with Crippen molar-refractivity contribution in [3.05, 3.63) is 34.9 Å². The molecule has 0 aliphatic carbocycles. The molecule has 20 heteroatoms. The minimum absolute atomic E-state index is 0.535. The Morgan fingerprint density at radius 1 is 0.513 bits per heavy atom. The summed E-state index contributed by atoms with van der Waals surface area (Å²) in [7, 11) is 0. The highest BCUT2D eigenvalue weighted by Gasteiger charge is 2.39. The normalized spacial score (nSPS) is 11.7. The largest absolute Gasteiger partial charge is 0.471 e. The van der Waals surface area contributed by atoms with E-state index in [2.05, 4.69) is 0 Å². The zero-order chi connectivity index (χ0) is 30.2. The van der Waals surface area contributed by atoms with Crippen molar-refractivity contribution in [1.29, 1.82) is 0 Å². The third-order valence-electron chi connectivity index (χ3n) is 4.19. The summed E-state index contributed by atoms with van der Waals surface area (Å²) in [6.07, 6.45) is -16.6. The Balaban J connectivity index is 3.08. The first-order valence-electron chi connectivity index (χ1n) is 10.0. The van der Waals surface area contributed by atoms with Gasteiger partial charge in [-0.1, -0.05) is 0 Å². The number of alkyl halides is 9. The minimum atomic E-state index is -5.29. The Bertz CT molecular complexity index is 982. The second-order valence-corrected chi connectivity index (χ2v) is 7.10. The van der Waals surface area contributed by atoms with Crippen molar-refractivity contribution in [3.8, 4) is 0 Å². The van der Waals surface area contributed by atoms with E-state index in [0.717, 1.165) is 18.2 Å². The van der Waals surface area contributed by atoms with Gasteiger partial charge >= 0.3 is 36.3 Å². The summed E-state index contributed by atoms with van der Waals surface area (Å²) >= 11 is 0. The Morgan fingerprint density at radius 3 is 1.21 bits per heavy atom. The van der Waals surface area contributed by atoms with Gasteiger partial charge in [-0.25, -0.2) is 0 Å². The number of hydrogen-bond acceptors (Lipinski definition) is 6. The summed E-state index contributed by atoms with van der Waals surface area (Å²) in [5.41, 5.74) is -1.75. The highest BCUT2D eigenvalue weighted by Crippen LogP contribution is 2.17. The molecule has 0 aliphatic heterocycles. The smallest absolute Gasteiger partial charge is 0.348 e. The predicted octanol–water partition coefficient (Wildman–Crippen LogP) is 0.670. The van der Waals surface area contributed by atoms with Crippen LogP contribution in [0, 0.1) is 0 Å². The summed E-state index contributed by atoms with van der Waals surface area (Å²) in [6, 6.07) is 2.25. The first-order valence-corrected chi connectivity index (χ1v) is 10.0. The maximum Gasteiger partial charge on any atom is 0.471 e. The van der Waals surface area contributed by atoms with Crippen LogP contribution in [0.2, 0.25) is 0 Å². The van der Waals surface area contributed by atoms with E-state index in [1.54, 1.807) is 10.6 Å². The zero-order valence-electron chi connectivity index (χ0n) is 18.9. The molecule has 11 nitrogen and oxygen atoms in total. The van der Waals surface area contributed by atoms with Gasteiger partial charge in [0, 0.05) is 29.7 Å². The van der Waals surface area contributed by atoms with Gasteiger partial charge in [-0.2, -0.15) is 39.5 Å². The van der Waals surface area contributed by atoms with Gasteiger partial charge in [0.15, 0.2) is 5.78 Å². The molecule has 0 aliphatic rings. The van der Waals surface area contributed by atoms with Crippen LogP contribution < -0.4 is 26.6 Å². The van der Waals surface area contributed by atoms with E-state index in [1.165, 1.54) is 16.0 Å². The minimum Gasteiger partial charge on any atom is -0.348 e. The summed E-state index contributed by atoms with van der Waals surface area (Å²) in [5.74, 6) is -10.8. The van der Waals surface area contributed by atoms with Gasteiger partial charge in [0.25, 0.3) is 11.8 Å². The number of hydrogen-bond donors (Lipinski definition) is 5. The molecule has 1 rings (SSSR count). The lowest BCUT2D eigenvalue weighted by molar-refractivity contribution is -0.173. The van der Waals surface area contributed by atoms with Crippen LogP contribution >= 0.6 is 0 Å². The summed E-state index contributed by atoms with van der Waals surface area (Å²) < 4.78 is 110. The molecular weight excluding hydrogens is 565 g/mol. The summed E-state index contributed by atoms with van der Waals surface area (Å²) in [5, 5.41) is 7.59. The number of halogens is 9. The monoisotopic (exact) mass is 581 g/mol. The average molecular weight is 581 g/mol. The highest BCUT2D eigenvalue weighted by atomic mass is 19.4. The number of amides is 5. The molecule has 5 amide bonds. The molecule has 0 saturated heterocycles. The Labute approximate surface area is 210 Å². The van der Waals surface area contributed by atoms with Gasteiger partial charge in [0.2, 0.25) is 0 Å². The van der Waals surface area contributed by atoms with E-state index in [4.69, 9.17) is 0 Å². The SMILES string of the molecule is O=C(CCNC(=O)C(F)(F)F)c1cc(C(=O)NCNC(=O)C(F)(F)F)cc(C(=O)NCNC(=O)C(F)(F)F)c1. The number of carbonyl (C=O) groups excluding carboxylic acids is 6. The van der Waals surface area contributed by atoms with E-state index < -0.39 is 96.8 Å². The fourth-order valence-electron chi connectivity index (χ4n) is 2.40. The third-order valence-corrected chi connectivity index (χ3v) is 4.19. The van der Waals surface area contributed by atoms with Crippen LogP contribution in [-0.2, 0) is 14.4 Å². The van der Waals surface area contributed by atoms with Crippen molar-refractivity contribution < 1.29 is 68.3 Å². The van der Waals surface area contributed by atoms with Gasteiger partial charge in [-0.3, -0.25) is 28.8 Å². The highest BCUT2D eigenvalue weighted by molar-refractivity contribution is 6.05. The van der Waals surface area contributed by atoms with E-state index in [0.29, 0.717) is 0 Å². The second-order valence-electron chi connectivity index (χ2n) is 7.10. The number of ketones is 1. The Kier molecular flexibility index (Phi) is 10.8. The van der Waals surface area contributed by atoms with E-state index in [-0.39, 0.29) is 0 Å². The van der Waals surface area contributed by atoms with Crippen LogP contribution in [0.15, 0.2) is 18.2 Å². The van der Waals surface area contributed by atoms with Crippen molar-refractivity contribution in [3.63, 3.8) is 0 Å². The zero-order valence-corrected chi connectivity index (χ0v) is 18.9.